The maximum atomic E-state index is 14.5. The van der Waals surface area contributed by atoms with E-state index in [0.29, 0.717) is 11.3 Å². The number of hydrazine groups is 1. The number of carbonyl (C=O) groups excluding carboxylic acids is 3. The van der Waals surface area contributed by atoms with Crippen molar-refractivity contribution in [2.75, 3.05) is 5.32 Å². The molecule has 3 aromatic carbocycles. The van der Waals surface area contributed by atoms with E-state index in [0.717, 1.165) is 6.07 Å². The second-order valence-corrected chi connectivity index (χ2v) is 9.31. The van der Waals surface area contributed by atoms with Gasteiger partial charge in [-0.1, -0.05) is 12.1 Å². The van der Waals surface area contributed by atoms with Crippen molar-refractivity contribution in [3.8, 4) is 0 Å². The van der Waals surface area contributed by atoms with Crippen LogP contribution >= 0.6 is 0 Å². The molecule has 2 fully saturated rings. The van der Waals surface area contributed by atoms with Crippen molar-refractivity contribution in [3.05, 3.63) is 105 Å². The summed E-state index contributed by atoms with van der Waals surface area (Å²) in [6, 6.07) is 13.5. The number of anilines is 1. The second kappa shape index (κ2) is 8.00. The van der Waals surface area contributed by atoms with Crippen molar-refractivity contribution >= 4 is 29.0 Å². The van der Waals surface area contributed by atoms with Crippen LogP contribution in [0.15, 0.2) is 66.7 Å². The number of halogens is 2. The van der Waals surface area contributed by atoms with E-state index in [4.69, 9.17) is 0 Å². The molecule has 0 saturated carbocycles. The number of ketones is 1. The van der Waals surface area contributed by atoms with Gasteiger partial charge in [0.05, 0.1) is 10.8 Å². The molecule has 1 spiro atoms. The zero-order valence-corrected chi connectivity index (χ0v) is 19.0. The van der Waals surface area contributed by atoms with Gasteiger partial charge < -0.3 is 5.32 Å². The first-order valence-corrected chi connectivity index (χ1v) is 11.5. The highest BCUT2D eigenvalue weighted by Crippen LogP contribution is 2.59. The Morgan fingerprint density at radius 1 is 1.00 bits per heavy atom. The molecule has 3 aliphatic heterocycles. The van der Waals surface area contributed by atoms with Gasteiger partial charge in [-0.15, -0.1) is 0 Å². The fourth-order valence-corrected chi connectivity index (χ4v) is 6.02. The third-order valence-electron chi connectivity index (χ3n) is 7.46. The first kappa shape index (κ1) is 22.9. The van der Waals surface area contributed by atoms with Gasteiger partial charge in [0, 0.05) is 47.3 Å². The second-order valence-electron chi connectivity index (χ2n) is 9.31. The van der Waals surface area contributed by atoms with Gasteiger partial charge in [-0.3, -0.25) is 29.9 Å². The molecular weight excluding hydrogens is 486 g/mol. The summed E-state index contributed by atoms with van der Waals surface area (Å²) in [5, 5.41) is 15.3. The van der Waals surface area contributed by atoms with Crippen LogP contribution in [-0.4, -0.2) is 33.6 Å². The maximum absolute atomic E-state index is 14.5. The third-order valence-corrected chi connectivity index (χ3v) is 7.46. The predicted molar refractivity (Wildman–Crippen MR) is 125 cm³/mol. The van der Waals surface area contributed by atoms with Crippen molar-refractivity contribution in [3.63, 3.8) is 0 Å². The smallest absolute Gasteiger partial charge is 0.269 e. The fourth-order valence-electron chi connectivity index (χ4n) is 6.02. The summed E-state index contributed by atoms with van der Waals surface area (Å²) in [4.78, 5) is 51.2. The van der Waals surface area contributed by atoms with Crippen LogP contribution in [0, 0.1) is 27.7 Å². The molecule has 11 heteroatoms. The van der Waals surface area contributed by atoms with E-state index >= 15 is 0 Å². The Bertz CT molecular complexity index is 1490. The summed E-state index contributed by atoms with van der Waals surface area (Å²) in [5.41, 5.74) is 1.79. The van der Waals surface area contributed by atoms with Crippen LogP contribution in [0.4, 0.5) is 20.2 Å². The standard InChI is InChI=1S/C26H18F2N4O5/c27-15-5-1-13(2-6-15)22-20-12-21(33)30-31(20)26(18-11-16(28)7-10-19(18)29-25(26)35)23(22)24(34)14-3-8-17(9-4-14)32(36)37/h1-11,20,22-23H,12H2,(H,29,35)(H,30,33)/t20-,22-,23-,26+/m0/s1. The zero-order valence-electron chi connectivity index (χ0n) is 19.0. The van der Waals surface area contributed by atoms with Gasteiger partial charge >= 0.3 is 0 Å². The number of carbonyl (C=O) groups is 3. The van der Waals surface area contributed by atoms with Crippen LogP contribution in [0.5, 0.6) is 0 Å². The zero-order chi connectivity index (χ0) is 26.1. The molecule has 9 nitrogen and oxygen atoms in total. The van der Waals surface area contributed by atoms with Gasteiger partial charge in [-0.2, -0.15) is 5.01 Å². The van der Waals surface area contributed by atoms with Gasteiger partial charge in [0.1, 0.15) is 11.6 Å². The van der Waals surface area contributed by atoms with Crippen molar-refractivity contribution in [2.24, 2.45) is 5.92 Å². The topological polar surface area (TPSA) is 122 Å². The van der Waals surface area contributed by atoms with Crippen molar-refractivity contribution in [1.82, 2.24) is 10.4 Å². The van der Waals surface area contributed by atoms with Gasteiger partial charge in [0.2, 0.25) is 5.91 Å². The van der Waals surface area contributed by atoms with Gasteiger partial charge in [0.15, 0.2) is 11.3 Å². The lowest BCUT2D eigenvalue weighted by Crippen LogP contribution is -2.57. The number of non-ortho nitro benzene ring substituents is 1. The minimum Gasteiger partial charge on any atom is -0.324 e. The Morgan fingerprint density at radius 3 is 2.35 bits per heavy atom. The first-order chi connectivity index (χ1) is 17.7. The molecule has 186 valence electrons. The molecular formula is C26H18F2N4O5. The number of nitro groups is 1. The van der Waals surface area contributed by atoms with E-state index in [-0.39, 0.29) is 29.1 Å². The first-order valence-electron chi connectivity index (χ1n) is 11.5. The molecule has 3 aliphatic rings. The number of amides is 2. The molecule has 0 aliphatic carbocycles. The minimum atomic E-state index is -1.81. The largest absolute Gasteiger partial charge is 0.324 e. The summed E-state index contributed by atoms with van der Waals surface area (Å²) < 4.78 is 28.4. The molecule has 0 aromatic heterocycles. The number of hydrogen-bond acceptors (Lipinski definition) is 6. The van der Waals surface area contributed by atoms with Crippen molar-refractivity contribution in [2.45, 2.75) is 23.9 Å². The highest BCUT2D eigenvalue weighted by atomic mass is 19.1. The summed E-state index contributed by atoms with van der Waals surface area (Å²) >= 11 is 0. The SMILES string of the molecule is O=C1C[C@H]2[C@H](c3ccc(F)cc3)[C@@H](C(=O)c3ccc([N+](=O)[O-])cc3)[C@]3(C(=O)Nc4ccc(F)cc43)N2N1. The molecule has 6 rings (SSSR count). The van der Waals surface area contributed by atoms with Gasteiger partial charge in [-0.25, -0.2) is 8.78 Å². The van der Waals surface area contributed by atoms with E-state index in [1.165, 1.54) is 65.7 Å². The fraction of sp³-hybridized carbons (Fsp3) is 0.192. The highest BCUT2D eigenvalue weighted by molar-refractivity contribution is 6.13. The number of benzene rings is 3. The Labute approximate surface area is 208 Å². The minimum absolute atomic E-state index is 0.0498. The van der Waals surface area contributed by atoms with Crippen molar-refractivity contribution < 1.29 is 28.1 Å². The molecule has 2 amide bonds. The predicted octanol–water partition coefficient (Wildman–Crippen LogP) is 3.42. The van der Waals surface area contributed by atoms with Crippen LogP contribution in [0.2, 0.25) is 0 Å². The van der Waals surface area contributed by atoms with Crippen LogP contribution in [-0.2, 0) is 15.1 Å². The number of fused-ring (bicyclic) bond motifs is 4. The number of nitrogens with zero attached hydrogens (tertiary/aromatic N) is 2. The van der Waals surface area contributed by atoms with E-state index in [1.54, 1.807) is 0 Å². The molecule has 2 N–H and O–H groups in total. The summed E-state index contributed by atoms with van der Waals surface area (Å²) in [7, 11) is 0. The van der Waals surface area contributed by atoms with E-state index in [2.05, 4.69) is 10.7 Å². The average Bonchev–Trinajstić information content (AvgIpc) is 3.48. The normalized spacial score (nSPS) is 26.1. The number of hydrogen-bond donors (Lipinski definition) is 2. The quantitative estimate of drug-likeness (QED) is 0.319. The van der Waals surface area contributed by atoms with Gasteiger partial charge in [0.25, 0.3) is 11.6 Å². The average molecular weight is 504 g/mol. The molecule has 3 heterocycles. The third kappa shape index (κ3) is 3.20. The number of Topliss-reactive ketones (excluding diaryl/α,β-unsaturated/α-hetero) is 1. The molecule has 2 saturated heterocycles. The highest BCUT2D eigenvalue weighted by Gasteiger charge is 2.71. The van der Waals surface area contributed by atoms with E-state index in [1.807, 2.05) is 0 Å². The molecule has 37 heavy (non-hydrogen) atoms. The Kier molecular flexibility index (Phi) is 4.96. The Hall–Kier alpha value is -4.51. The van der Waals surface area contributed by atoms with Gasteiger partial charge in [-0.05, 0) is 48.0 Å². The molecule has 0 bridgehead atoms. The Balaban J connectivity index is 1.60. The number of rotatable bonds is 4. The summed E-state index contributed by atoms with van der Waals surface area (Å²) in [6.45, 7) is 0. The van der Waals surface area contributed by atoms with Crippen LogP contribution in [0.1, 0.15) is 33.8 Å². The summed E-state index contributed by atoms with van der Waals surface area (Å²) in [6.07, 6.45) is -0.0498. The van der Waals surface area contributed by atoms with Crippen molar-refractivity contribution in [1.29, 1.82) is 0 Å². The molecule has 3 aromatic rings. The molecule has 0 radical (unpaired) electrons. The van der Waals surface area contributed by atoms with E-state index < -0.39 is 51.7 Å². The van der Waals surface area contributed by atoms with Crippen LogP contribution in [0.3, 0.4) is 0 Å². The Morgan fingerprint density at radius 2 is 1.68 bits per heavy atom. The lowest BCUT2D eigenvalue weighted by molar-refractivity contribution is -0.384. The number of nitro benzene ring substituents is 1. The number of nitrogens with one attached hydrogen (secondary N) is 2. The molecule has 0 unspecified atom stereocenters. The summed E-state index contributed by atoms with van der Waals surface area (Å²) in [5.74, 6) is -4.63. The van der Waals surface area contributed by atoms with Crippen LogP contribution in [0.25, 0.3) is 0 Å². The maximum Gasteiger partial charge on any atom is 0.269 e. The molecule has 4 atom stereocenters. The van der Waals surface area contributed by atoms with Crippen LogP contribution < -0.4 is 10.7 Å². The lowest BCUT2D eigenvalue weighted by atomic mass is 9.69. The lowest BCUT2D eigenvalue weighted by Gasteiger charge is -2.36. The van der Waals surface area contributed by atoms with E-state index in [9.17, 15) is 33.3 Å². The monoisotopic (exact) mass is 504 g/mol.